The second-order valence-electron chi connectivity index (χ2n) is 8.66. The zero-order valence-electron chi connectivity index (χ0n) is 20.7. The monoisotopic (exact) mass is 497 g/mol. The van der Waals surface area contributed by atoms with Gasteiger partial charge in [-0.05, 0) is 62.6 Å². The van der Waals surface area contributed by atoms with E-state index < -0.39 is 6.04 Å². The zero-order valence-corrected chi connectivity index (χ0v) is 21.4. The standard InChI is InChI=1S/C27H32ClN3O4/c1-5-8-9-12-31-26(17-10-11-21(34-6-2)22(14-17)35-7-3)23-24(29-30-25(23)27(31)33)18-15-19(28)16(4)13-20(18)32/h10-11,13-15,26,32H,5-9,12H2,1-4H3,(H,29,30). The first kappa shape index (κ1) is 24.9. The number of aromatic nitrogens is 2. The molecule has 7 nitrogen and oxygen atoms in total. The highest BCUT2D eigenvalue weighted by atomic mass is 35.5. The Morgan fingerprint density at radius 1 is 1.09 bits per heavy atom. The molecule has 0 saturated heterocycles. The van der Waals surface area contributed by atoms with Crippen LogP contribution in [0.15, 0.2) is 30.3 Å². The SMILES string of the molecule is CCCCCN1C(=O)c2[nH]nc(-c3cc(Cl)c(C)cc3O)c2C1c1ccc(OCC)c(OCC)c1. The normalized spacial score (nSPS) is 14.9. The van der Waals surface area contributed by atoms with Crippen molar-refractivity contribution in [2.75, 3.05) is 19.8 Å². The van der Waals surface area contributed by atoms with Gasteiger partial charge < -0.3 is 19.5 Å². The van der Waals surface area contributed by atoms with E-state index in [4.69, 9.17) is 21.1 Å². The van der Waals surface area contributed by atoms with Crippen molar-refractivity contribution in [3.05, 3.63) is 57.7 Å². The number of carbonyl (C=O) groups excluding carboxylic acids is 1. The fraction of sp³-hybridized carbons (Fsp3) is 0.407. The summed E-state index contributed by atoms with van der Waals surface area (Å²) in [4.78, 5) is 15.4. The third-order valence-corrected chi connectivity index (χ3v) is 6.69. The second-order valence-corrected chi connectivity index (χ2v) is 9.07. The maximum Gasteiger partial charge on any atom is 0.273 e. The number of phenols is 1. The highest BCUT2D eigenvalue weighted by molar-refractivity contribution is 6.31. The first-order valence-electron chi connectivity index (χ1n) is 12.2. The van der Waals surface area contributed by atoms with Gasteiger partial charge in [0.25, 0.3) is 5.91 Å². The third-order valence-electron chi connectivity index (χ3n) is 6.28. The van der Waals surface area contributed by atoms with E-state index in [-0.39, 0.29) is 11.7 Å². The Morgan fingerprint density at radius 2 is 1.83 bits per heavy atom. The number of H-pyrrole nitrogens is 1. The quantitative estimate of drug-likeness (QED) is 0.322. The molecule has 1 unspecified atom stereocenters. The molecule has 0 saturated carbocycles. The maximum absolute atomic E-state index is 13.5. The van der Waals surface area contributed by atoms with Crippen molar-refractivity contribution in [2.45, 2.75) is 53.0 Å². The van der Waals surface area contributed by atoms with E-state index in [1.807, 2.05) is 43.9 Å². The van der Waals surface area contributed by atoms with E-state index in [1.165, 1.54) is 0 Å². The van der Waals surface area contributed by atoms with Crippen molar-refractivity contribution in [1.29, 1.82) is 0 Å². The number of fused-ring (bicyclic) bond motifs is 1. The van der Waals surface area contributed by atoms with Gasteiger partial charge in [0.05, 0.1) is 19.3 Å². The van der Waals surface area contributed by atoms with Crippen molar-refractivity contribution in [3.63, 3.8) is 0 Å². The number of amides is 1. The van der Waals surface area contributed by atoms with E-state index in [0.717, 1.165) is 36.0 Å². The summed E-state index contributed by atoms with van der Waals surface area (Å²) in [6.07, 6.45) is 2.97. The lowest BCUT2D eigenvalue weighted by Gasteiger charge is -2.27. The lowest BCUT2D eigenvalue weighted by molar-refractivity contribution is 0.0740. The highest BCUT2D eigenvalue weighted by Gasteiger charge is 2.42. The number of unbranched alkanes of at least 4 members (excludes halogenated alkanes) is 2. The fourth-order valence-electron chi connectivity index (χ4n) is 4.61. The van der Waals surface area contributed by atoms with Gasteiger partial charge in [-0.2, -0.15) is 5.10 Å². The van der Waals surface area contributed by atoms with Crippen LogP contribution in [0.25, 0.3) is 11.3 Å². The lowest BCUT2D eigenvalue weighted by Crippen LogP contribution is -2.30. The number of phenolic OH excluding ortho intramolecular Hbond substituents is 1. The molecule has 0 spiro atoms. The molecule has 2 heterocycles. The summed E-state index contributed by atoms with van der Waals surface area (Å²) in [5.41, 5.74) is 3.82. The summed E-state index contributed by atoms with van der Waals surface area (Å²) in [5.74, 6) is 1.26. The first-order valence-corrected chi connectivity index (χ1v) is 12.6. The Kier molecular flexibility index (Phi) is 7.55. The Labute approximate surface area is 211 Å². The van der Waals surface area contributed by atoms with Gasteiger partial charge >= 0.3 is 0 Å². The van der Waals surface area contributed by atoms with Gasteiger partial charge in [-0.1, -0.05) is 37.4 Å². The molecule has 2 aromatic carbocycles. The molecule has 0 radical (unpaired) electrons. The number of hydrogen-bond acceptors (Lipinski definition) is 5. The van der Waals surface area contributed by atoms with Crippen LogP contribution in [0.4, 0.5) is 0 Å². The topological polar surface area (TPSA) is 87.7 Å². The number of benzene rings is 2. The molecule has 1 aromatic heterocycles. The second kappa shape index (κ2) is 10.6. The van der Waals surface area contributed by atoms with E-state index in [2.05, 4.69) is 17.1 Å². The molecule has 0 aliphatic carbocycles. The van der Waals surface area contributed by atoms with Gasteiger partial charge in [0, 0.05) is 22.7 Å². The molecule has 1 amide bonds. The van der Waals surface area contributed by atoms with E-state index in [0.29, 0.717) is 53.2 Å². The smallest absolute Gasteiger partial charge is 0.273 e. The largest absolute Gasteiger partial charge is 0.507 e. The minimum Gasteiger partial charge on any atom is -0.507 e. The van der Waals surface area contributed by atoms with Crippen LogP contribution >= 0.6 is 11.6 Å². The van der Waals surface area contributed by atoms with Crippen LogP contribution in [0.5, 0.6) is 17.2 Å². The van der Waals surface area contributed by atoms with Crippen molar-refractivity contribution in [2.24, 2.45) is 0 Å². The molecule has 4 rings (SSSR count). The summed E-state index contributed by atoms with van der Waals surface area (Å²) in [7, 11) is 0. The molecule has 1 aliphatic heterocycles. The lowest BCUT2D eigenvalue weighted by atomic mass is 9.95. The number of carbonyl (C=O) groups is 1. The molecule has 1 aliphatic rings. The predicted octanol–water partition coefficient (Wildman–Crippen LogP) is 6.28. The van der Waals surface area contributed by atoms with Crippen molar-refractivity contribution < 1.29 is 19.4 Å². The number of aromatic amines is 1. The molecule has 3 aromatic rings. The molecule has 2 N–H and O–H groups in total. The average molecular weight is 498 g/mol. The number of aryl methyl sites for hydroxylation is 1. The molecule has 8 heteroatoms. The van der Waals surface area contributed by atoms with Gasteiger partial charge in [0.2, 0.25) is 0 Å². The first-order chi connectivity index (χ1) is 16.9. The Hall–Kier alpha value is -3.19. The molecule has 0 fully saturated rings. The Balaban J connectivity index is 1.87. The van der Waals surface area contributed by atoms with Gasteiger partial charge in [-0.25, -0.2) is 0 Å². The predicted molar refractivity (Wildman–Crippen MR) is 137 cm³/mol. The van der Waals surface area contributed by atoms with Gasteiger partial charge in [0.15, 0.2) is 11.5 Å². The molecule has 1 atom stereocenters. The van der Waals surface area contributed by atoms with E-state index >= 15 is 0 Å². The van der Waals surface area contributed by atoms with Gasteiger partial charge in [-0.15, -0.1) is 0 Å². The zero-order chi connectivity index (χ0) is 25.1. The number of nitrogens with zero attached hydrogens (tertiary/aromatic N) is 2. The highest BCUT2D eigenvalue weighted by Crippen LogP contribution is 2.46. The molecule has 35 heavy (non-hydrogen) atoms. The summed E-state index contributed by atoms with van der Waals surface area (Å²) in [6.45, 7) is 9.44. The number of ether oxygens (including phenoxy) is 2. The van der Waals surface area contributed by atoms with Crippen LogP contribution in [-0.2, 0) is 0 Å². The molecular weight excluding hydrogens is 466 g/mol. The molecule has 0 bridgehead atoms. The maximum atomic E-state index is 13.5. The fourth-order valence-corrected chi connectivity index (χ4v) is 4.77. The van der Waals surface area contributed by atoms with Crippen LogP contribution in [0.1, 0.15) is 73.3 Å². The number of nitrogens with one attached hydrogen (secondary N) is 1. The molecular formula is C27H32ClN3O4. The average Bonchev–Trinajstić information content (AvgIpc) is 3.37. The molecule has 186 valence electrons. The van der Waals surface area contributed by atoms with Crippen LogP contribution < -0.4 is 9.47 Å². The van der Waals surface area contributed by atoms with E-state index in [9.17, 15) is 9.90 Å². The minimum atomic E-state index is -0.391. The Bertz CT molecular complexity index is 1220. The van der Waals surface area contributed by atoms with E-state index in [1.54, 1.807) is 12.1 Å². The third kappa shape index (κ3) is 4.69. The summed E-state index contributed by atoms with van der Waals surface area (Å²) in [6, 6.07) is 8.72. The van der Waals surface area contributed by atoms with Crippen molar-refractivity contribution in [3.8, 4) is 28.5 Å². The summed E-state index contributed by atoms with van der Waals surface area (Å²) < 4.78 is 11.6. The van der Waals surface area contributed by atoms with Crippen LogP contribution in [0, 0.1) is 6.92 Å². The number of aromatic hydroxyl groups is 1. The Morgan fingerprint density at radius 3 is 2.54 bits per heavy atom. The van der Waals surface area contributed by atoms with Crippen molar-refractivity contribution in [1.82, 2.24) is 15.1 Å². The number of hydrogen-bond donors (Lipinski definition) is 2. The van der Waals surface area contributed by atoms with Crippen LogP contribution in [-0.4, -0.2) is 45.9 Å². The number of halogens is 1. The minimum absolute atomic E-state index is 0.0681. The van der Waals surface area contributed by atoms with Crippen LogP contribution in [0.2, 0.25) is 5.02 Å². The van der Waals surface area contributed by atoms with Crippen molar-refractivity contribution >= 4 is 17.5 Å². The summed E-state index contributed by atoms with van der Waals surface area (Å²) >= 11 is 6.39. The van der Waals surface area contributed by atoms with Crippen LogP contribution in [0.3, 0.4) is 0 Å². The number of rotatable bonds is 10. The van der Waals surface area contributed by atoms with Gasteiger partial charge in [0.1, 0.15) is 17.1 Å². The summed E-state index contributed by atoms with van der Waals surface area (Å²) in [5, 5.41) is 18.7. The van der Waals surface area contributed by atoms with Gasteiger partial charge in [-0.3, -0.25) is 9.89 Å².